The van der Waals surface area contributed by atoms with Gasteiger partial charge < -0.3 is 15.1 Å². The Morgan fingerprint density at radius 2 is 2.00 bits per heavy atom. The molecular formula is C17H26N4O2. The van der Waals surface area contributed by atoms with Gasteiger partial charge in [-0.3, -0.25) is 14.6 Å². The number of carbonyl (C=O) groups excluding carboxylic acids is 2. The topological polar surface area (TPSA) is 65.5 Å². The van der Waals surface area contributed by atoms with Crippen molar-refractivity contribution in [2.45, 2.75) is 26.8 Å². The smallest absolute Gasteiger partial charge is 0.225 e. The van der Waals surface area contributed by atoms with Crippen LogP contribution in [0.3, 0.4) is 0 Å². The summed E-state index contributed by atoms with van der Waals surface area (Å²) in [4.78, 5) is 32.4. The Labute approximate surface area is 137 Å². The first-order chi connectivity index (χ1) is 10.8. The molecule has 1 N–H and O–H groups in total. The van der Waals surface area contributed by atoms with Gasteiger partial charge in [0, 0.05) is 44.0 Å². The lowest BCUT2D eigenvalue weighted by Gasteiger charge is -2.19. The maximum atomic E-state index is 12.3. The average molecular weight is 318 g/mol. The molecule has 1 aromatic heterocycles. The van der Waals surface area contributed by atoms with Crippen molar-refractivity contribution in [3.63, 3.8) is 0 Å². The number of likely N-dealkylation sites (tertiary alicyclic amines) is 1. The maximum Gasteiger partial charge on any atom is 0.225 e. The highest BCUT2D eigenvalue weighted by Crippen LogP contribution is 2.18. The normalized spacial score (nSPS) is 17.9. The summed E-state index contributed by atoms with van der Waals surface area (Å²) in [6.45, 7) is 6.37. The van der Waals surface area contributed by atoms with Crippen LogP contribution in [0.5, 0.6) is 0 Å². The summed E-state index contributed by atoms with van der Waals surface area (Å²) in [7, 11) is 3.95. The highest BCUT2D eigenvalue weighted by atomic mass is 16.2. The van der Waals surface area contributed by atoms with E-state index in [1.807, 2.05) is 45.0 Å². The van der Waals surface area contributed by atoms with Gasteiger partial charge in [-0.2, -0.15) is 0 Å². The summed E-state index contributed by atoms with van der Waals surface area (Å²) in [6, 6.07) is 3.94. The Morgan fingerprint density at radius 1 is 1.35 bits per heavy atom. The minimum absolute atomic E-state index is 0.0437. The van der Waals surface area contributed by atoms with E-state index in [0.29, 0.717) is 26.1 Å². The number of hydrogen-bond donors (Lipinski definition) is 1. The van der Waals surface area contributed by atoms with Gasteiger partial charge in [0.15, 0.2) is 0 Å². The maximum absolute atomic E-state index is 12.3. The second-order valence-electron chi connectivity index (χ2n) is 6.52. The lowest BCUT2D eigenvalue weighted by Crippen LogP contribution is -2.35. The minimum Gasteiger partial charge on any atom is -0.352 e. The fourth-order valence-electron chi connectivity index (χ4n) is 2.84. The van der Waals surface area contributed by atoms with Gasteiger partial charge in [0.2, 0.25) is 11.8 Å². The molecule has 1 fully saturated rings. The Morgan fingerprint density at radius 3 is 2.61 bits per heavy atom. The lowest BCUT2D eigenvalue weighted by atomic mass is 10.1. The van der Waals surface area contributed by atoms with Crippen molar-refractivity contribution >= 4 is 11.8 Å². The summed E-state index contributed by atoms with van der Waals surface area (Å²) in [6.07, 6.45) is 0.313. The molecule has 0 saturated carbocycles. The van der Waals surface area contributed by atoms with Crippen LogP contribution < -0.4 is 5.32 Å². The van der Waals surface area contributed by atoms with E-state index in [0.717, 1.165) is 23.5 Å². The third-order valence-electron chi connectivity index (χ3n) is 4.01. The number of nitrogens with one attached hydrogen (secondary N) is 1. The molecule has 1 aromatic rings. The molecule has 2 amide bonds. The molecule has 0 radical (unpaired) electrons. The second kappa shape index (κ2) is 7.55. The van der Waals surface area contributed by atoms with Gasteiger partial charge in [-0.05, 0) is 45.6 Å². The first-order valence-electron chi connectivity index (χ1n) is 7.99. The van der Waals surface area contributed by atoms with Crippen molar-refractivity contribution in [3.05, 3.63) is 29.1 Å². The van der Waals surface area contributed by atoms with E-state index >= 15 is 0 Å². The van der Waals surface area contributed by atoms with Crippen LogP contribution in [-0.2, 0) is 16.1 Å². The second-order valence-corrected chi connectivity index (χ2v) is 6.52. The zero-order chi connectivity index (χ0) is 17.0. The molecule has 0 aliphatic carbocycles. The molecule has 23 heavy (non-hydrogen) atoms. The van der Waals surface area contributed by atoms with E-state index in [9.17, 15) is 9.59 Å². The fraction of sp³-hybridized carbons (Fsp3) is 0.588. The van der Waals surface area contributed by atoms with Crippen molar-refractivity contribution < 1.29 is 9.59 Å². The number of nitrogens with zero attached hydrogens (tertiary/aromatic N) is 3. The van der Waals surface area contributed by atoms with Gasteiger partial charge in [-0.25, -0.2) is 0 Å². The highest BCUT2D eigenvalue weighted by molar-refractivity contribution is 5.89. The van der Waals surface area contributed by atoms with Gasteiger partial charge in [-0.1, -0.05) is 0 Å². The standard InChI is InChI=1S/C17H26N4O2/c1-12-7-14(8-13(2)19-12)10-18-17(23)15-9-16(22)21(11-15)6-5-20(3)4/h7-8,15H,5-6,9-11H2,1-4H3,(H,18,23)/t15-/m1/s1. The summed E-state index contributed by atoms with van der Waals surface area (Å²) in [5, 5.41) is 2.95. The number of hydrogen-bond acceptors (Lipinski definition) is 4. The molecule has 0 spiro atoms. The molecule has 6 nitrogen and oxygen atoms in total. The van der Waals surface area contributed by atoms with Crippen LogP contribution in [0.15, 0.2) is 12.1 Å². The van der Waals surface area contributed by atoms with Crippen LogP contribution in [-0.4, -0.2) is 60.3 Å². The number of pyridine rings is 1. The quantitative estimate of drug-likeness (QED) is 0.839. The van der Waals surface area contributed by atoms with E-state index in [4.69, 9.17) is 0 Å². The van der Waals surface area contributed by atoms with Crippen LogP contribution in [0.4, 0.5) is 0 Å². The Bertz CT molecular complexity index is 566. The highest BCUT2D eigenvalue weighted by Gasteiger charge is 2.33. The molecule has 2 heterocycles. The zero-order valence-electron chi connectivity index (χ0n) is 14.4. The summed E-state index contributed by atoms with van der Waals surface area (Å²) in [5.41, 5.74) is 2.93. The van der Waals surface area contributed by atoms with Gasteiger partial charge in [-0.15, -0.1) is 0 Å². The number of carbonyl (C=O) groups is 2. The number of aromatic nitrogens is 1. The first kappa shape index (κ1) is 17.4. The van der Waals surface area contributed by atoms with E-state index in [-0.39, 0.29) is 17.7 Å². The molecule has 0 aromatic carbocycles. The Hall–Kier alpha value is -1.95. The Balaban J connectivity index is 1.85. The molecule has 1 aliphatic rings. The lowest BCUT2D eigenvalue weighted by molar-refractivity contribution is -0.129. The van der Waals surface area contributed by atoms with Gasteiger partial charge >= 0.3 is 0 Å². The summed E-state index contributed by atoms with van der Waals surface area (Å²) >= 11 is 0. The largest absolute Gasteiger partial charge is 0.352 e. The van der Waals surface area contributed by atoms with Crippen molar-refractivity contribution in [3.8, 4) is 0 Å². The van der Waals surface area contributed by atoms with E-state index in [1.165, 1.54) is 0 Å². The van der Waals surface area contributed by atoms with E-state index in [2.05, 4.69) is 10.3 Å². The predicted octanol–water partition coefficient (Wildman–Crippen LogP) is 0.725. The van der Waals surface area contributed by atoms with Gasteiger partial charge in [0.1, 0.15) is 0 Å². The number of amides is 2. The number of rotatable bonds is 6. The molecule has 2 rings (SSSR count). The van der Waals surface area contributed by atoms with Crippen LogP contribution in [0.25, 0.3) is 0 Å². The molecule has 1 atom stereocenters. The molecule has 1 aliphatic heterocycles. The van der Waals surface area contributed by atoms with Gasteiger partial charge in [0.25, 0.3) is 0 Å². The third kappa shape index (κ3) is 5.03. The van der Waals surface area contributed by atoms with Crippen molar-refractivity contribution in [2.24, 2.45) is 5.92 Å². The van der Waals surface area contributed by atoms with Crippen LogP contribution >= 0.6 is 0 Å². The third-order valence-corrected chi connectivity index (χ3v) is 4.01. The van der Waals surface area contributed by atoms with Crippen LogP contribution in [0.2, 0.25) is 0 Å². The fourth-order valence-corrected chi connectivity index (χ4v) is 2.84. The molecule has 6 heteroatoms. The first-order valence-corrected chi connectivity index (χ1v) is 7.99. The molecule has 1 saturated heterocycles. The van der Waals surface area contributed by atoms with Crippen molar-refractivity contribution in [1.82, 2.24) is 20.1 Å². The molecule has 0 unspecified atom stereocenters. The van der Waals surface area contributed by atoms with Gasteiger partial charge in [0.05, 0.1) is 5.92 Å². The average Bonchev–Trinajstić information content (AvgIpc) is 2.83. The molecular weight excluding hydrogens is 292 g/mol. The summed E-state index contributed by atoms with van der Waals surface area (Å²) in [5.74, 6) is -0.214. The molecule has 126 valence electrons. The number of likely N-dealkylation sites (N-methyl/N-ethyl adjacent to an activating group) is 1. The SMILES string of the molecule is Cc1cc(CNC(=O)[C@@H]2CC(=O)N(CCN(C)C)C2)cc(C)n1. The molecule has 0 bridgehead atoms. The monoisotopic (exact) mass is 318 g/mol. The minimum atomic E-state index is -0.242. The van der Waals surface area contributed by atoms with E-state index < -0.39 is 0 Å². The van der Waals surface area contributed by atoms with E-state index in [1.54, 1.807) is 4.90 Å². The van der Waals surface area contributed by atoms with Crippen molar-refractivity contribution in [2.75, 3.05) is 33.7 Å². The predicted molar refractivity (Wildman–Crippen MR) is 88.8 cm³/mol. The zero-order valence-corrected chi connectivity index (χ0v) is 14.4. The van der Waals surface area contributed by atoms with Crippen molar-refractivity contribution in [1.29, 1.82) is 0 Å². The van der Waals surface area contributed by atoms with Crippen LogP contribution in [0.1, 0.15) is 23.4 Å². The Kier molecular flexibility index (Phi) is 5.71. The number of aryl methyl sites for hydroxylation is 2. The van der Waals surface area contributed by atoms with Crippen LogP contribution in [0, 0.1) is 19.8 Å². The summed E-state index contributed by atoms with van der Waals surface area (Å²) < 4.78 is 0.